The fourth-order valence-corrected chi connectivity index (χ4v) is 2.85. The quantitative estimate of drug-likeness (QED) is 0.558. The van der Waals surface area contributed by atoms with Crippen molar-refractivity contribution in [1.29, 1.82) is 0 Å². The fourth-order valence-electron chi connectivity index (χ4n) is 2.85. The van der Waals surface area contributed by atoms with Gasteiger partial charge in [0.05, 0.1) is 5.71 Å². The van der Waals surface area contributed by atoms with Crippen LogP contribution in [-0.2, 0) is 20.6 Å². The first-order chi connectivity index (χ1) is 12.5. The number of aryl methyl sites for hydroxylation is 2. The second-order valence-corrected chi connectivity index (χ2v) is 6.14. The van der Waals surface area contributed by atoms with E-state index in [1.165, 1.54) is 11.6 Å². The molecule has 2 heterocycles. The lowest BCUT2D eigenvalue weighted by molar-refractivity contribution is 0.678. The van der Waals surface area contributed by atoms with E-state index < -0.39 is 5.69 Å². The van der Waals surface area contributed by atoms with Gasteiger partial charge in [0.2, 0.25) is 5.95 Å². The molecular formula is C18H22N6O2. The van der Waals surface area contributed by atoms with Crippen molar-refractivity contribution in [1.82, 2.24) is 18.7 Å². The van der Waals surface area contributed by atoms with Gasteiger partial charge in [-0.05, 0) is 18.9 Å². The molecule has 0 spiro atoms. The Morgan fingerprint density at radius 3 is 2.50 bits per heavy atom. The van der Waals surface area contributed by atoms with Crippen molar-refractivity contribution in [2.75, 3.05) is 5.43 Å². The van der Waals surface area contributed by atoms with Gasteiger partial charge in [0.15, 0.2) is 11.2 Å². The summed E-state index contributed by atoms with van der Waals surface area (Å²) < 4.78 is 4.25. The van der Waals surface area contributed by atoms with Crippen LogP contribution in [0.25, 0.3) is 11.2 Å². The summed E-state index contributed by atoms with van der Waals surface area (Å²) >= 11 is 0. The highest BCUT2D eigenvalue weighted by Crippen LogP contribution is 2.16. The SMILES string of the molecule is CCCn1c(N/N=C(/C)c2ccccc2)nc2c1c(=O)n(C)c(=O)n2C. The third-order valence-electron chi connectivity index (χ3n) is 4.31. The Bertz CT molecular complexity index is 1090. The molecule has 0 bridgehead atoms. The molecule has 0 unspecified atom stereocenters. The first-order valence-electron chi connectivity index (χ1n) is 8.47. The van der Waals surface area contributed by atoms with Crippen LogP contribution < -0.4 is 16.7 Å². The van der Waals surface area contributed by atoms with Crippen molar-refractivity contribution >= 4 is 22.8 Å². The third kappa shape index (κ3) is 2.94. The molecule has 1 N–H and O–H groups in total. The minimum absolute atomic E-state index is 0.349. The van der Waals surface area contributed by atoms with Gasteiger partial charge in [-0.3, -0.25) is 13.9 Å². The van der Waals surface area contributed by atoms with Crippen molar-refractivity contribution in [2.24, 2.45) is 19.2 Å². The zero-order chi connectivity index (χ0) is 18.8. The van der Waals surface area contributed by atoms with E-state index in [1.54, 1.807) is 11.6 Å². The van der Waals surface area contributed by atoms with Crippen LogP contribution in [0.4, 0.5) is 5.95 Å². The maximum Gasteiger partial charge on any atom is 0.332 e. The summed E-state index contributed by atoms with van der Waals surface area (Å²) in [5, 5.41) is 4.39. The van der Waals surface area contributed by atoms with Gasteiger partial charge < -0.3 is 4.57 Å². The van der Waals surface area contributed by atoms with E-state index in [-0.39, 0.29) is 5.56 Å². The van der Waals surface area contributed by atoms with Crippen LogP contribution in [0.1, 0.15) is 25.8 Å². The number of imidazole rings is 1. The number of hydrazone groups is 1. The van der Waals surface area contributed by atoms with Crippen LogP contribution in [0.3, 0.4) is 0 Å². The van der Waals surface area contributed by atoms with Crippen LogP contribution in [0.15, 0.2) is 45.0 Å². The van der Waals surface area contributed by atoms with Gasteiger partial charge in [0.1, 0.15) is 0 Å². The molecule has 0 atom stereocenters. The number of hydrogen-bond acceptors (Lipinski definition) is 5. The van der Waals surface area contributed by atoms with Crippen molar-refractivity contribution in [3.8, 4) is 0 Å². The first-order valence-corrected chi connectivity index (χ1v) is 8.47. The lowest BCUT2D eigenvalue weighted by Gasteiger charge is -2.08. The van der Waals surface area contributed by atoms with Gasteiger partial charge in [0.25, 0.3) is 5.56 Å². The Morgan fingerprint density at radius 1 is 1.15 bits per heavy atom. The second-order valence-electron chi connectivity index (χ2n) is 6.14. The molecule has 26 heavy (non-hydrogen) atoms. The second kappa shape index (κ2) is 6.99. The zero-order valence-corrected chi connectivity index (χ0v) is 15.4. The minimum atomic E-state index is -0.404. The summed E-state index contributed by atoms with van der Waals surface area (Å²) in [6.07, 6.45) is 0.813. The monoisotopic (exact) mass is 354 g/mol. The highest BCUT2D eigenvalue weighted by Gasteiger charge is 2.18. The van der Waals surface area contributed by atoms with E-state index in [1.807, 2.05) is 44.2 Å². The van der Waals surface area contributed by atoms with Crippen LogP contribution in [0, 0.1) is 0 Å². The topological polar surface area (TPSA) is 86.2 Å². The van der Waals surface area contributed by atoms with Gasteiger partial charge in [-0.1, -0.05) is 37.3 Å². The first kappa shape index (κ1) is 17.7. The molecule has 136 valence electrons. The van der Waals surface area contributed by atoms with E-state index >= 15 is 0 Å². The number of anilines is 1. The summed E-state index contributed by atoms with van der Waals surface area (Å²) in [4.78, 5) is 29.2. The Kier molecular flexibility index (Phi) is 4.75. The van der Waals surface area contributed by atoms with Crippen molar-refractivity contribution in [2.45, 2.75) is 26.8 Å². The predicted octanol–water partition coefficient (Wildman–Crippen LogP) is 1.68. The molecule has 2 aromatic heterocycles. The van der Waals surface area contributed by atoms with Gasteiger partial charge in [-0.25, -0.2) is 10.2 Å². The summed E-state index contributed by atoms with van der Waals surface area (Å²) in [7, 11) is 3.08. The molecule has 0 aliphatic carbocycles. The van der Waals surface area contributed by atoms with Crippen molar-refractivity contribution in [3.05, 3.63) is 56.7 Å². The molecule has 0 aliphatic rings. The summed E-state index contributed by atoms with van der Waals surface area (Å²) in [6, 6.07) is 9.77. The lowest BCUT2D eigenvalue weighted by Crippen LogP contribution is -2.37. The molecule has 0 amide bonds. The largest absolute Gasteiger partial charge is 0.332 e. The molecule has 3 rings (SSSR count). The van der Waals surface area contributed by atoms with Crippen LogP contribution in [0.5, 0.6) is 0 Å². The predicted molar refractivity (Wildman–Crippen MR) is 103 cm³/mol. The van der Waals surface area contributed by atoms with Crippen LogP contribution in [0.2, 0.25) is 0 Å². The van der Waals surface area contributed by atoms with Gasteiger partial charge >= 0.3 is 5.69 Å². The molecule has 1 aromatic carbocycles. The molecular weight excluding hydrogens is 332 g/mol. The molecule has 8 nitrogen and oxygen atoms in total. The van der Waals surface area contributed by atoms with Gasteiger partial charge in [-0.15, -0.1) is 0 Å². The number of nitrogens with zero attached hydrogens (tertiary/aromatic N) is 5. The lowest BCUT2D eigenvalue weighted by atomic mass is 10.1. The average Bonchev–Trinajstić information content (AvgIpc) is 3.02. The van der Waals surface area contributed by atoms with E-state index in [0.29, 0.717) is 23.7 Å². The van der Waals surface area contributed by atoms with Crippen LogP contribution in [-0.4, -0.2) is 24.4 Å². The molecule has 0 aliphatic heterocycles. The van der Waals surface area contributed by atoms with Gasteiger partial charge in [0, 0.05) is 20.6 Å². The fraction of sp³-hybridized carbons (Fsp3) is 0.333. The van der Waals surface area contributed by atoms with Crippen molar-refractivity contribution in [3.63, 3.8) is 0 Å². The average molecular weight is 354 g/mol. The highest BCUT2D eigenvalue weighted by molar-refractivity contribution is 5.99. The Labute approximate surface area is 150 Å². The number of fused-ring (bicyclic) bond motifs is 1. The summed E-state index contributed by atoms with van der Waals surface area (Å²) in [6.45, 7) is 4.50. The Morgan fingerprint density at radius 2 is 1.85 bits per heavy atom. The molecule has 0 radical (unpaired) electrons. The standard InChI is InChI=1S/C18H22N6O2/c1-5-11-24-14-15(22(3)18(26)23(4)16(14)25)19-17(24)21-20-12(2)13-9-7-6-8-10-13/h6-10H,5,11H2,1-4H3,(H,19,21)/b20-12-. The summed E-state index contributed by atoms with van der Waals surface area (Å²) in [5.41, 5.74) is 4.72. The molecule has 0 fully saturated rings. The number of benzene rings is 1. The van der Waals surface area contributed by atoms with Crippen LogP contribution >= 0.6 is 0 Å². The zero-order valence-electron chi connectivity index (χ0n) is 15.4. The van der Waals surface area contributed by atoms with Gasteiger partial charge in [-0.2, -0.15) is 10.1 Å². The minimum Gasteiger partial charge on any atom is -0.303 e. The highest BCUT2D eigenvalue weighted by atomic mass is 16.2. The number of aromatic nitrogens is 4. The maximum absolute atomic E-state index is 12.6. The third-order valence-corrected chi connectivity index (χ3v) is 4.31. The Hall–Kier alpha value is -3.16. The van der Waals surface area contributed by atoms with E-state index in [9.17, 15) is 9.59 Å². The molecule has 3 aromatic rings. The van der Waals surface area contributed by atoms with Crippen molar-refractivity contribution < 1.29 is 0 Å². The normalized spacial score (nSPS) is 11.9. The smallest absolute Gasteiger partial charge is 0.303 e. The number of nitrogens with one attached hydrogen (secondary N) is 1. The molecule has 0 saturated carbocycles. The molecule has 0 saturated heterocycles. The number of rotatable bonds is 5. The maximum atomic E-state index is 12.6. The summed E-state index contributed by atoms with van der Waals surface area (Å²) in [5.74, 6) is 0.440. The van der Waals surface area contributed by atoms with E-state index in [4.69, 9.17) is 0 Å². The Balaban J connectivity index is 2.13. The van der Waals surface area contributed by atoms with E-state index in [0.717, 1.165) is 22.3 Å². The molecule has 8 heteroatoms. The van der Waals surface area contributed by atoms with E-state index in [2.05, 4.69) is 15.5 Å². The number of hydrogen-bond donors (Lipinski definition) is 1.